The summed E-state index contributed by atoms with van der Waals surface area (Å²) in [6.07, 6.45) is 0. The maximum Gasteiger partial charge on any atom is 0.243 e. The highest BCUT2D eigenvalue weighted by molar-refractivity contribution is 7.89. The van der Waals surface area contributed by atoms with E-state index in [4.69, 9.17) is 20.9 Å². The summed E-state index contributed by atoms with van der Waals surface area (Å²) in [7, 11) is -2.43. The van der Waals surface area contributed by atoms with Crippen LogP contribution in [0.3, 0.4) is 0 Å². The number of methoxy groups -OCH3 is 1. The average Bonchev–Trinajstić information content (AvgIpc) is 2.96. The molecule has 0 bridgehead atoms. The van der Waals surface area contributed by atoms with Crippen molar-refractivity contribution < 1.29 is 22.5 Å². The Hall–Kier alpha value is -1.94. The number of hydrogen-bond donors (Lipinski definition) is 1. The predicted molar refractivity (Wildman–Crippen MR) is 92.0 cm³/mol. The van der Waals surface area contributed by atoms with E-state index in [1.54, 1.807) is 6.92 Å². The molecule has 136 valence electrons. The van der Waals surface area contributed by atoms with Crippen LogP contribution in [0.15, 0.2) is 39.8 Å². The number of carbonyl (C=O) groups excluding carboxylic acids is 1. The van der Waals surface area contributed by atoms with Crippen LogP contribution in [0, 0.1) is 6.92 Å². The van der Waals surface area contributed by atoms with Gasteiger partial charge < -0.3 is 14.6 Å². The Morgan fingerprint density at radius 1 is 1.36 bits per heavy atom. The Morgan fingerprint density at radius 3 is 2.60 bits per heavy atom. The van der Waals surface area contributed by atoms with E-state index >= 15 is 0 Å². The lowest BCUT2D eigenvalue weighted by Crippen LogP contribution is -2.40. The molecule has 0 aliphatic carbocycles. The molecule has 0 atom stereocenters. The first-order valence-electron chi connectivity index (χ1n) is 7.31. The summed E-state index contributed by atoms with van der Waals surface area (Å²) in [6, 6.07) is 7.25. The highest BCUT2D eigenvalue weighted by Crippen LogP contribution is 2.18. The average molecular weight is 388 g/mol. The van der Waals surface area contributed by atoms with Gasteiger partial charge in [-0.15, -0.1) is 0 Å². The van der Waals surface area contributed by atoms with Crippen LogP contribution >= 0.6 is 11.6 Å². The quantitative estimate of drug-likeness (QED) is 0.742. The first-order chi connectivity index (χ1) is 11.8. The van der Waals surface area contributed by atoms with Gasteiger partial charge in [0.25, 0.3) is 0 Å². The van der Waals surface area contributed by atoms with E-state index in [2.05, 4.69) is 10.5 Å². The highest BCUT2D eigenvalue weighted by atomic mass is 35.5. The zero-order valence-electron chi connectivity index (χ0n) is 13.7. The normalized spacial score (nSPS) is 11.7. The van der Waals surface area contributed by atoms with Gasteiger partial charge in [0.15, 0.2) is 5.82 Å². The van der Waals surface area contributed by atoms with Crippen molar-refractivity contribution in [2.45, 2.75) is 11.8 Å². The van der Waals surface area contributed by atoms with Crippen LogP contribution in [0.5, 0.6) is 0 Å². The number of ether oxygens (including phenoxy) is 1. The molecule has 0 fully saturated rings. The predicted octanol–water partition coefficient (Wildman–Crippen LogP) is 1.91. The molecule has 1 amide bonds. The monoisotopic (exact) mass is 387 g/mol. The van der Waals surface area contributed by atoms with E-state index in [1.165, 1.54) is 37.4 Å². The molecule has 1 heterocycles. The van der Waals surface area contributed by atoms with Gasteiger partial charge in [-0.2, -0.15) is 4.31 Å². The molecule has 0 spiro atoms. The fourth-order valence-electron chi connectivity index (χ4n) is 2.00. The first kappa shape index (κ1) is 19.4. The van der Waals surface area contributed by atoms with E-state index in [0.717, 1.165) is 4.31 Å². The molecule has 1 N–H and O–H groups in total. The van der Waals surface area contributed by atoms with Gasteiger partial charge in [0.05, 0.1) is 18.0 Å². The summed E-state index contributed by atoms with van der Waals surface area (Å²) in [5.41, 5.74) is 0. The van der Waals surface area contributed by atoms with Crippen molar-refractivity contribution in [2.24, 2.45) is 0 Å². The van der Waals surface area contributed by atoms with Gasteiger partial charge in [-0.1, -0.05) is 16.8 Å². The number of aromatic nitrogens is 1. The number of benzene rings is 1. The summed E-state index contributed by atoms with van der Waals surface area (Å²) in [6.45, 7) is 1.45. The summed E-state index contributed by atoms with van der Waals surface area (Å²) >= 11 is 5.79. The molecule has 2 rings (SSSR count). The lowest BCUT2D eigenvalue weighted by Gasteiger charge is -2.21. The second kappa shape index (κ2) is 8.43. The Labute approximate surface area is 150 Å². The van der Waals surface area contributed by atoms with Gasteiger partial charge in [-0.3, -0.25) is 4.79 Å². The molecule has 0 aliphatic rings. The standard InChI is InChI=1S/C15H18ClN3O5S/c1-11-9-14(18-24-11)17-15(20)10-19(7-8-23-2)25(21,22)13-5-3-12(16)4-6-13/h3-6,9H,7-8,10H2,1-2H3,(H,17,18,20). The molecule has 0 radical (unpaired) electrons. The van der Waals surface area contributed by atoms with E-state index in [9.17, 15) is 13.2 Å². The van der Waals surface area contributed by atoms with Crippen molar-refractivity contribution in [1.82, 2.24) is 9.46 Å². The minimum Gasteiger partial charge on any atom is -0.383 e. The number of nitrogens with one attached hydrogen (secondary N) is 1. The molecule has 1 aromatic carbocycles. The number of rotatable bonds is 8. The number of hydrogen-bond acceptors (Lipinski definition) is 6. The summed E-state index contributed by atoms with van der Waals surface area (Å²) in [4.78, 5) is 12.2. The number of halogens is 1. The van der Waals surface area contributed by atoms with Gasteiger partial charge >= 0.3 is 0 Å². The zero-order valence-corrected chi connectivity index (χ0v) is 15.3. The molecule has 0 saturated heterocycles. The fourth-order valence-corrected chi connectivity index (χ4v) is 3.51. The SMILES string of the molecule is COCCN(CC(=O)Nc1cc(C)on1)S(=O)(=O)c1ccc(Cl)cc1. The lowest BCUT2D eigenvalue weighted by atomic mass is 10.4. The minimum atomic E-state index is -3.88. The highest BCUT2D eigenvalue weighted by Gasteiger charge is 2.26. The van der Waals surface area contributed by atoms with E-state index in [0.29, 0.717) is 10.8 Å². The second-order valence-corrected chi connectivity index (χ2v) is 7.53. The van der Waals surface area contributed by atoms with Crippen LogP contribution in [-0.4, -0.2) is 50.6 Å². The third kappa shape index (κ3) is 5.27. The Bertz CT molecular complexity index is 820. The van der Waals surface area contributed by atoms with Crippen molar-refractivity contribution in [2.75, 3.05) is 32.1 Å². The molecule has 25 heavy (non-hydrogen) atoms. The maximum atomic E-state index is 12.8. The smallest absolute Gasteiger partial charge is 0.243 e. The van der Waals surface area contributed by atoms with Crippen molar-refractivity contribution in [3.8, 4) is 0 Å². The van der Waals surface area contributed by atoms with Crippen LogP contribution in [0.4, 0.5) is 5.82 Å². The van der Waals surface area contributed by atoms with E-state index < -0.39 is 15.9 Å². The van der Waals surface area contributed by atoms with E-state index in [1.807, 2.05) is 0 Å². The van der Waals surface area contributed by atoms with E-state index in [-0.39, 0.29) is 30.4 Å². The number of anilines is 1. The third-order valence-electron chi connectivity index (χ3n) is 3.21. The van der Waals surface area contributed by atoms with Crippen LogP contribution in [0.25, 0.3) is 0 Å². The third-order valence-corrected chi connectivity index (χ3v) is 5.32. The van der Waals surface area contributed by atoms with Crippen LogP contribution < -0.4 is 5.32 Å². The summed E-state index contributed by atoms with van der Waals surface area (Å²) in [5.74, 6) is 0.209. The fraction of sp³-hybridized carbons (Fsp3) is 0.333. The van der Waals surface area contributed by atoms with Gasteiger partial charge in [0.1, 0.15) is 5.76 Å². The van der Waals surface area contributed by atoms with Crippen molar-refractivity contribution in [3.63, 3.8) is 0 Å². The van der Waals surface area contributed by atoms with Gasteiger partial charge in [-0.25, -0.2) is 8.42 Å². The summed E-state index contributed by atoms with van der Waals surface area (Å²) < 4.78 is 36.3. The molecular formula is C15H18ClN3O5S. The Morgan fingerprint density at radius 2 is 2.04 bits per heavy atom. The molecule has 1 aromatic heterocycles. The van der Waals surface area contributed by atoms with Gasteiger partial charge in [-0.05, 0) is 31.2 Å². The molecule has 10 heteroatoms. The number of aryl methyl sites for hydroxylation is 1. The molecule has 0 unspecified atom stereocenters. The van der Waals surface area contributed by atoms with Crippen molar-refractivity contribution in [1.29, 1.82) is 0 Å². The molecule has 0 aliphatic heterocycles. The van der Waals surface area contributed by atoms with Crippen molar-refractivity contribution >= 4 is 33.3 Å². The molecule has 2 aromatic rings. The maximum absolute atomic E-state index is 12.8. The summed E-state index contributed by atoms with van der Waals surface area (Å²) in [5, 5.41) is 6.55. The lowest BCUT2D eigenvalue weighted by molar-refractivity contribution is -0.116. The number of amides is 1. The van der Waals surface area contributed by atoms with Crippen molar-refractivity contribution in [3.05, 3.63) is 41.1 Å². The Kier molecular flexibility index (Phi) is 6.54. The minimum absolute atomic E-state index is 0.0206. The first-order valence-corrected chi connectivity index (χ1v) is 9.12. The van der Waals surface area contributed by atoms with Crippen LogP contribution in [-0.2, 0) is 19.6 Å². The topological polar surface area (TPSA) is 102 Å². The largest absolute Gasteiger partial charge is 0.383 e. The van der Waals surface area contributed by atoms with Gasteiger partial charge in [0.2, 0.25) is 15.9 Å². The zero-order chi connectivity index (χ0) is 18.4. The molecular weight excluding hydrogens is 370 g/mol. The van der Waals surface area contributed by atoms with Crippen LogP contribution in [0.1, 0.15) is 5.76 Å². The Balaban J connectivity index is 2.16. The second-order valence-electron chi connectivity index (χ2n) is 5.16. The number of nitrogens with zero attached hydrogens (tertiary/aromatic N) is 2. The molecule has 0 saturated carbocycles. The molecule has 8 nitrogen and oxygen atoms in total. The van der Waals surface area contributed by atoms with Crippen LogP contribution in [0.2, 0.25) is 5.02 Å². The van der Waals surface area contributed by atoms with Gasteiger partial charge in [0, 0.05) is 24.7 Å². The number of carbonyl (C=O) groups is 1. The number of sulfonamides is 1.